The molecule has 0 spiro atoms. The van der Waals surface area contributed by atoms with Crippen molar-refractivity contribution in [1.82, 2.24) is 0 Å². The van der Waals surface area contributed by atoms with Crippen molar-refractivity contribution in [1.29, 1.82) is 0 Å². The molecule has 3 aromatic carbocycles. The molecule has 0 saturated carbocycles. The van der Waals surface area contributed by atoms with Gasteiger partial charge in [-0.3, -0.25) is 0 Å². The van der Waals surface area contributed by atoms with Crippen molar-refractivity contribution in [3.63, 3.8) is 0 Å². The summed E-state index contributed by atoms with van der Waals surface area (Å²) in [4.78, 5) is 7.65. The summed E-state index contributed by atoms with van der Waals surface area (Å²) >= 11 is 3.65. The number of nitrogens with zero attached hydrogens (tertiary/aromatic N) is 1. The lowest BCUT2D eigenvalue weighted by atomic mass is 9.96. The van der Waals surface area contributed by atoms with Crippen LogP contribution < -0.4 is 26.5 Å². The summed E-state index contributed by atoms with van der Waals surface area (Å²) in [6, 6.07) is 28.4. The predicted molar refractivity (Wildman–Crippen MR) is 133 cm³/mol. The molecule has 0 unspecified atom stereocenters. The van der Waals surface area contributed by atoms with E-state index >= 15 is 0 Å². The summed E-state index contributed by atoms with van der Waals surface area (Å²) in [6.45, 7) is 4.89. The number of hydrogen-bond donors (Lipinski definition) is 1. The lowest BCUT2D eigenvalue weighted by Crippen LogP contribution is -2.29. The Balaban J connectivity index is 0.000000186. The number of benzene rings is 3. The van der Waals surface area contributed by atoms with E-state index in [1.54, 1.807) is 16.6 Å². The minimum atomic E-state index is 0.675. The maximum absolute atomic E-state index is 5.86. The fourth-order valence-corrected chi connectivity index (χ4v) is 4.27. The summed E-state index contributed by atoms with van der Waals surface area (Å²) in [7, 11) is 0. The van der Waals surface area contributed by atoms with E-state index in [9.17, 15) is 0 Å². The monoisotopic (exact) mass is 419 g/mol. The molecule has 0 atom stereocenters. The summed E-state index contributed by atoms with van der Waals surface area (Å²) in [5.74, 6) is 3.59. The normalized spacial score (nSPS) is 11.0. The van der Waals surface area contributed by atoms with Gasteiger partial charge in [0, 0.05) is 6.54 Å². The SMILES string of the molecule is CCS[B]N(Oc1ccccc1)c1ccccc1.NCCSB1c2ccccc21. The third-order valence-electron chi connectivity index (χ3n) is 4.17. The van der Waals surface area contributed by atoms with Crippen molar-refractivity contribution in [2.45, 2.75) is 6.92 Å². The second-order valence-corrected chi connectivity index (χ2v) is 8.63. The Bertz CT molecular complexity index is 833. The van der Waals surface area contributed by atoms with Crippen LogP contribution in [0.3, 0.4) is 0 Å². The summed E-state index contributed by atoms with van der Waals surface area (Å²) < 4.78 is 0. The van der Waals surface area contributed by atoms with Gasteiger partial charge in [0.05, 0.1) is 5.69 Å². The fraction of sp³-hybridized carbons (Fsp3) is 0.182. The van der Waals surface area contributed by atoms with Crippen molar-refractivity contribution < 1.29 is 4.84 Å². The molecular weight excluding hydrogens is 394 g/mol. The number of para-hydroxylation sites is 2. The molecule has 1 heterocycles. The highest BCUT2D eigenvalue weighted by Crippen LogP contribution is 2.19. The molecule has 0 saturated heterocycles. The zero-order chi connectivity index (χ0) is 20.3. The van der Waals surface area contributed by atoms with Crippen LogP contribution in [0.4, 0.5) is 5.69 Å². The molecule has 0 fully saturated rings. The average Bonchev–Trinajstić information content (AvgIpc) is 3.50. The molecule has 1 aliphatic heterocycles. The van der Waals surface area contributed by atoms with Crippen molar-refractivity contribution in [2.24, 2.45) is 5.73 Å². The van der Waals surface area contributed by atoms with E-state index in [2.05, 4.69) is 31.2 Å². The molecule has 29 heavy (non-hydrogen) atoms. The Hall–Kier alpha value is -1.95. The van der Waals surface area contributed by atoms with Gasteiger partial charge in [-0.2, -0.15) is 23.2 Å². The molecule has 0 aromatic heterocycles. The predicted octanol–water partition coefficient (Wildman–Crippen LogP) is 3.57. The first kappa shape index (κ1) is 21.8. The van der Waals surface area contributed by atoms with Gasteiger partial charge in [-0.1, -0.05) is 78.5 Å². The van der Waals surface area contributed by atoms with Crippen LogP contribution in [0, 0.1) is 0 Å². The van der Waals surface area contributed by atoms with Crippen LogP contribution in [0.2, 0.25) is 0 Å². The topological polar surface area (TPSA) is 38.5 Å². The average molecular weight is 419 g/mol. The van der Waals surface area contributed by atoms with E-state index in [0.717, 1.165) is 29.5 Å². The van der Waals surface area contributed by atoms with Gasteiger partial charge in [0.2, 0.25) is 0 Å². The molecule has 0 aliphatic carbocycles. The molecule has 4 rings (SSSR count). The smallest absolute Gasteiger partial charge is 0.377 e. The maximum Gasteiger partial charge on any atom is 0.377 e. The highest BCUT2D eigenvalue weighted by atomic mass is 32.2. The number of nitrogens with two attached hydrogens (primary N) is 1. The lowest BCUT2D eigenvalue weighted by Gasteiger charge is -2.23. The quantitative estimate of drug-likeness (QED) is 0.424. The number of rotatable bonds is 9. The molecule has 3 aromatic rings. The largest absolute Gasteiger partial charge is 0.392 e. The Kier molecular flexibility index (Phi) is 8.93. The van der Waals surface area contributed by atoms with Gasteiger partial charge in [-0.15, -0.1) is 0 Å². The number of fused-ring (bicyclic) bond motifs is 1. The van der Waals surface area contributed by atoms with Crippen LogP contribution in [-0.4, -0.2) is 30.7 Å². The molecule has 2 N–H and O–H groups in total. The molecule has 3 nitrogen and oxygen atoms in total. The number of anilines is 1. The Morgan fingerprint density at radius 1 is 0.897 bits per heavy atom. The van der Waals surface area contributed by atoms with Crippen molar-refractivity contribution in [3.05, 3.63) is 84.9 Å². The van der Waals surface area contributed by atoms with Gasteiger partial charge in [0.1, 0.15) is 0 Å². The number of hydrogen-bond acceptors (Lipinski definition) is 5. The molecule has 147 valence electrons. The van der Waals surface area contributed by atoms with Crippen molar-refractivity contribution >= 4 is 52.5 Å². The third-order valence-corrected chi connectivity index (χ3v) is 6.16. The summed E-state index contributed by atoms with van der Waals surface area (Å²) in [5.41, 5.74) is 9.45. The maximum atomic E-state index is 5.86. The van der Waals surface area contributed by atoms with E-state index in [1.807, 2.05) is 79.0 Å². The van der Waals surface area contributed by atoms with Crippen LogP contribution in [0.5, 0.6) is 5.75 Å². The zero-order valence-corrected chi connectivity index (χ0v) is 18.2. The van der Waals surface area contributed by atoms with Crippen molar-refractivity contribution in [2.75, 3.05) is 23.0 Å². The van der Waals surface area contributed by atoms with Crippen LogP contribution in [0.25, 0.3) is 0 Å². The van der Waals surface area contributed by atoms with Crippen LogP contribution in [-0.2, 0) is 0 Å². The van der Waals surface area contributed by atoms with E-state index in [-0.39, 0.29) is 0 Å². The van der Waals surface area contributed by atoms with Gasteiger partial charge in [-0.25, -0.2) is 4.97 Å². The Morgan fingerprint density at radius 2 is 1.48 bits per heavy atom. The minimum absolute atomic E-state index is 0.675. The minimum Gasteiger partial charge on any atom is -0.392 e. The highest BCUT2D eigenvalue weighted by Gasteiger charge is 2.35. The third kappa shape index (κ3) is 6.81. The second-order valence-electron chi connectivity index (χ2n) is 6.29. The second kappa shape index (κ2) is 11.9. The standard InChI is InChI=1S/C14H15BNOS.C8H10BNS/c1-2-18-15-16(13-9-5-3-6-10-13)17-14-11-7-4-8-12-14;10-5-6-11-9-7-3-1-2-4-8(7)9/h3-12H,2H2,1H3;1-4H,5-6,10H2. The molecule has 1 radical (unpaired) electrons. The summed E-state index contributed by atoms with van der Waals surface area (Å²) in [5, 5.41) is 0. The molecular formula is C22H25B2N2OS2. The summed E-state index contributed by atoms with van der Waals surface area (Å²) in [6.07, 6.45) is 0. The van der Waals surface area contributed by atoms with Gasteiger partial charge in [0.15, 0.2) is 5.75 Å². The van der Waals surface area contributed by atoms with Crippen LogP contribution in [0.1, 0.15) is 6.92 Å². The van der Waals surface area contributed by atoms with Gasteiger partial charge >= 0.3 is 6.69 Å². The Labute approximate surface area is 183 Å². The molecule has 1 aliphatic rings. The first-order chi connectivity index (χ1) is 14.3. The molecule has 7 heteroatoms. The van der Waals surface area contributed by atoms with E-state index < -0.39 is 0 Å². The first-order valence-corrected chi connectivity index (χ1v) is 11.9. The van der Waals surface area contributed by atoms with E-state index in [4.69, 9.17) is 10.6 Å². The van der Waals surface area contributed by atoms with E-state index in [1.165, 1.54) is 10.9 Å². The Morgan fingerprint density at radius 3 is 2.07 bits per heavy atom. The van der Waals surface area contributed by atoms with Gasteiger partial charge in [0.25, 0.3) is 5.99 Å². The molecule has 0 bridgehead atoms. The highest BCUT2D eigenvalue weighted by molar-refractivity contribution is 8.30. The van der Waals surface area contributed by atoms with Crippen molar-refractivity contribution in [3.8, 4) is 5.75 Å². The lowest BCUT2D eigenvalue weighted by molar-refractivity contribution is 0.345. The van der Waals surface area contributed by atoms with Crippen LogP contribution in [0.15, 0.2) is 84.9 Å². The van der Waals surface area contributed by atoms with Crippen LogP contribution >= 0.6 is 23.2 Å². The van der Waals surface area contributed by atoms with Gasteiger partial charge in [-0.05, 0) is 35.8 Å². The first-order valence-electron chi connectivity index (χ1n) is 9.76. The van der Waals surface area contributed by atoms with Gasteiger partial charge < -0.3 is 10.6 Å². The van der Waals surface area contributed by atoms with E-state index in [0.29, 0.717) is 5.99 Å². The zero-order valence-electron chi connectivity index (χ0n) is 16.6. The molecule has 0 amide bonds. The fourth-order valence-electron chi connectivity index (χ4n) is 2.73.